The summed E-state index contributed by atoms with van der Waals surface area (Å²) in [5.74, 6) is -0.588. The van der Waals surface area contributed by atoms with Gasteiger partial charge in [-0.1, -0.05) is 59.2 Å². The quantitative estimate of drug-likeness (QED) is 0.463. The monoisotopic (exact) mass is 372 g/mol. The van der Waals surface area contributed by atoms with Gasteiger partial charge in [0.05, 0.1) is 9.93 Å². The summed E-state index contributed by atoms with van der Waals surface area (Å²) in [4.78, 5) is 14.9. The maximum absolute atomic E-state index is 12.5. The molecule has 0 fully saturated rings. The first-order chi connectivity index (χ1) is 12.0. The van der Waals surface area contributed by atoms with Crippen molar-refractivity contribution in [3.05, 3.63) is 86.9 Å². The minimum atomic E-state index is -4.07. The van der Waals surface area contributed by atoms with Crippen molar-refractivity contribution in [2.75, 3.05) is 0 Å². The van der Waals surface area contributed by atoms with Gasteiger partial charge in [-0.2, -0.15) is 12.8 Å². The Bertz CT molecular complexity index is 1090. The fourth-order valence-corrected chi connectivity index (χ4v) is 3.69. The van der Waals surface area contributed by atoms with Crippen molar-refractivity contribution in [2.24, 2.45) is 9.51 Å². The van der Waals surface area contributed by atoms with Crippen molar-refractivity contribution < 1.29 is 13.2 Å². The molecule has 7 nitrogen and oxygen atoms in total. The molecule has 0 heterocycles. The van der Waals surface area contributed by atoms with Crippen molar-refractivity contribution in [3.63, 3.8) is 0 Å². The van der Waals surface area contributed by atoms with Crippen LogP contribution in [0.5, 0.6) is 0 Å². The van der Waals surface area contributed by atoms with E-state index < -0.39 is 15.8 Å². The van der Waals surface area contributed by atoms with Crippen LogP contribution in [0.2, 0.25) is 0 Å². The highest BCUT2D eigenvalue weighted by Gasteiger charge is 2.30. The number of carbonyl (C=O) groups is 1. The Kier molecular flexibility index (Phi) is 4.41. The minimum absolute atomic E-state index is 0.0216. The molecule has 0 bridgehead atoms. The summed E-state index contributed by atoms with van der Waals surface area (Å²) >= 11 is 6.14. The molecular weight excluding hydrogens is 364 g/mol. The van der Waals surface area contributed by atoms with Crippen LogP contribution in [0.25, 0.3) is 10.4 Å². The van der Waals surface area contributed by atoms with Crippen LogP contribution in [0.4, 0.5) is 0 Å². The summed E-state index contributed by atoms with van der Waals surface area (Å²) in [7, 11) is -4.07. The fraction of sp³-hybridized carbons (Fsp3) is 0. The van der Waals surface area contributed by atoms with Crippen molar-refractivity contribution >= 4 is 33.1 Å². The molecule has 25 heavy (non-hydrogen) atoms. The van der Waals surface area contributed by atoms with Crippen LogP contribution in [0.3, 0.4) is 0 Å². The standard InChI is InChI=1S/C16H9ClN4O3S/c17-13-14(20-25(23,24)10-6-2-1-3-7-10)11-8-4-5-9-12(11)16(22)15(13)19-21-18/h1-9H. The molecule has 0 aromatic heterocycles. The maximum atomic E-state index is 12.5. The van der Waals surface area contributed by atoms with E-state index in [4.69, 9.17) is 17.1 Å². The van der Waals surface area contributed by atoms with Gasteiger partial charge in [0.15, 0.2) is 5.78 Å². The summed E-state index contributed by atoms with van der Waals surface area (Å²) < 4.78 is 28.9. The number of azide groups is 1. The van der Waals surface area contributed by atoms with Gasteiger partial charge in [0.2, 0.25) is 0 Å². The van der Waals surface area contributed by atoms with E-state index in [2.05, 4.69) is 14.4 Å². The van der Waals surface area contributed by atoms with Crippen LogP contribution in [0, 0.1) is 0 Å². The second-order valence-electron chi connectivity index (χ2n) is 4.95. The molecule has 0 amide bonds. The van der Waals surface area contributed by atoms with Crippen molar-refractivity contribution in [2.45, 2.75) is 4.90 Å². The van der Waals surface area contributed by atoms with Gasteiger partial charge in [-0.25, -0.2) is 0 Å². The van der Waals surface area contributed by atoms with Gasteiger partial charge in [-0.05, 0) is 17.7 Å². The Balaban J connectivity index is 2.29. The second-order valence-corrected chi connectivity index (χ2v) is 6.94. The molecule has 0 atom stereocenters. The molecule has 9 heteroatoms. The number of fused-ring (bicyclic) bond motifs is 1. The molecule has 2 aromatic carbocycles. The van der Waals surface area contributed by atoms with Gasteiger partial charge in [-0.15, -0.1) is 0 Å². The van der Waals surface area contributed by atoms with Crippen LogP contribution in [0.1, 0.15) is 15.9 Å². The first-order valence-electron chi connectivity index (χ1n) is 6.95. The van der Waals surface area contributed by atoms with Crippen molar-refractivity contribution in [3.8, 4) is 0 Å². The van der Waals surface area contributed by atoms with Gasteiger partial charge in [0.25, 0.3) is 10.0 Å². The normalized spacial score (nSPS) is 15.7. The minimum Gasteiger partial charge on any atom is -0.289 e. The smallest absolute Gasteiger partial charge is 0.282 e. The third-order valence-electron chi connectivity index (χ3n) is 3.45. The Morgan fingerprint density at radius 2 is 1.56 bits per heavy atom. The first-order valence-corrected chi connectivity index (χ1v) is 8.77. The van der Waals surface area contributed by atoms with E-state index in [1.165, 1.54) is 24.3 Å². The zero-order valence-electron chi connectivity index (χ0n) is 12.5. The number of sulfonamides is 1. The molecule has 0 saturated heterocycles. The zero-order chi connectivity index (χ0) is 18.0. The van der Waals surface area contributed by atoms with Gasteiger partial charge in [0, 0.05) is 16.0 Å². The Labute approximate surface area is 148 Å². The molecule has 1 aliphatic carbocycles. The number of carbonyl (C=O) groups excluding carboxylic acids is 1. The SMILES string of the molecule is [N-]=[N+]=NC1=C(Cl)C(=NS(=O)(=O)c2ccccc2)c2ccccc2C1=O. The molecule has 2 aromatic rings. The number of hydrogen-bond donors (Lipinski definition) is 0. The number of ketones is 1. The number of hydrogen-bond acceptors (Lipinski definition) is 4. The molecule has 0 aliphatic heterocycles. The van der Waals surface area contributed by atoms with E-state index in [-0.39, 0.29) is 32.5 Å². The number of halogens is 1. The van der Waals surface area contributed by atoms with Crippen molar-refractivity contribution in [1.82, 2.24) is 0 Å². The Hall–Kier alpha value is -2.93. The molecule has 0 unspecified atom stereocenters. The molecular formula is C16H9ClN4O3S. The van der Waals surface area contributed by atoms with Gasteiger partial charge in [0.1, 0.15) is 11.4 Å². The third-order valence-corrected chi connectivity index (χ3v) is 5.10. The summed E-state index contributed by atoms with van der Waals surface area (Å²) in [5, 5.41) is 3.00. The van der Waals surface area contributed by atoms with E-state index in [0.29, 0.717) is 0 Å². The van der Waals surface area contributed by atoms with E-state index in [9.17, 15) is 13.2 Å². The second kappa shape index (κ2) is 6.52. The maximum Gasteiger partial charge on any atom is 0.282 e. The van der Waals surface area contributed by atoms with E-state index in [1.54, 1.807) is 30.3 Å². The van der Waals surface area contributed by atoms with Gasteiger partial charge >= 0.3 is 0 Å². The average Bonchev–Trinajstić information content (AvgIpc) is 2.63. The van der Waals surface area contributed by atoms with Crippen LogP contribution in [-0.2, 0) is 10.0 Å². The Morgan fingerprint density at radius 3 is 2.20 bits per heavy atom. The molecule has 1 aliphatic rings. The molecule has 0 radical (unpaired) electrons. The fourth-order valence-electron chi connectivity index (χ4n) is 2.33. The summed E-state index contributed by atoms with van der Waals surface area (Å²) in [6.07, 6.45) is 0. The molecule has 0 N–H and O–H groups in total. The summed E-state index contributed by atoms with van der Waals surface area (Å²) in [5.41, 5.74) is 8.56. The summed E-state index contributed by atoms with van der Waals surface area (Å²) in [6.45, 7) is 0. The molecule has 0 spiro atoms. The lowest BCUT2D eigenvalue weighted by atomic mass is 9.92. The lowest BCUT2D eigenvalue weighted by Gasteiger charge is -2.17. The highest BCUT2D eigenvalue weighted by molar-refractivity contribution is 7.90. The number of allylic oxidation sites excluding steroid dienone is 2. The third kappa shape index (κ3) is 3.06. The molecule has 0 saturated carbocycles. The van der Waals surface area contributed by atoms with E-state index in [0.717, 1.165) is 0 Å². The van der Waals surface area contributed by atoms with E-state index in [1.807, 2.05) is 0 Å². The number of Topliss-reactive ketones (excluding diaryl/α,β-unsaturated/α-hetero) is 1. The van der Waals surface area contributed by atoms with Crippen LogP contribution >= 0.6 is 11.6 Å². The molecule has 124 valence electrons. The highest BCUT2D eigenvalue weighted by atomic mass is 35.5. The van der Waals surface area contributed by atoms with Gasteiger partial charge in [-0.3, -0.25) is 4.79 Å². The number of benzene rings is 2. The Morgan fingerprint density at radius 1 is 0.960 bits per heavy atom. The number of nitrogens with zero attached hydrogens (tertiary/aromatic N) is 4. The largest absolute Gasteiger partial charge is 0.289 e. The lowest BCUT2D eigenvalue weighted by Crippen LogP contribution is -2.20. The zero-order valence-corrected chi connectivity index (χ0v) is 14.1. The predicted molar refractivity (Wildman–Crippen MR) is 93.0 cm³/mol. The number of rotatable bonds is 3. The lowest BCUT2D eigenvalue weighted by molar-refractivity contribution is 0.103. The first kappa shape index (κ1) is 16.9. The van der Waals surface area contributed by atoms with Crippen molar-refractivity contribution in [1.29, 1.82) is 0 Å². The highest BCUT2D eigenvalue weighted by Crippen LogP contribution is 2.31. The van der Waals surface area contributed by atoms with Crippen LogP contribution < -0.4 is 0 Å². The average molecular weight is 373 g/mol. The van der Waals surface area contributed by atoms with Gasteiger partial charge < -0.3 is 0 Å². The summed E-state index contributed by atoms with van der Waals surface area (Å²) in [6, 6.07) is 13.8. The van der Waals surface area contributed by atoms with Crippen LogP contribution in [-0.4, -0.2) is 19.9 Å². The van der Waals surface area contributed by atoms with E-state index >= 15 is 0 Å². The topological polar surface area (TPSA) is 112 Å². The molecule has 3 rings (SSSR count). The predicted octanol–water partition coefficient (Wildman–Crippen LogP) is 3.82. The van der Waals surface area contributed by atoms with Crippen LogP contribution in [0.15, 0.2) is 79.7 Å².